The highest BCUT2D eigenvalue weighted by Gasteiger charge is 2.19. The number of pyridine rings is 1. The molecule has 0 aromatic carbocycles. The van der Waals surface area contributed by atoms with E-state index in [1.54, 1.807) is 11.3 Å². The van der Waals surface area contributed by atoms with Crippen molar-refractivity contribution < 1.29 is 0 Å². The number of hydrogen-bond acceptors (Lipinski definition) is 4. The number of rotatable bonds is 6. The van der Waals surface area contributed by atoms with Gasteiger partial charge in [0.05, 0.1) is 10.7 Å². The van der Waals surface area contributed by atoms with Crippen LogP contribution in [0.5, 0.6) is 0 Å². The van der Waals surface area contributed by atoms with E-state index in [1.807, 2.05) is 12.4 Å². The molecule has 1 atom stereocenters. The van der Waals surface area contributed by atoms with Gasteiger partial charge in [-0.3, -0.25) is 4.98 Å². The van der Waals surface area contributed by atoms with Gasteiger partial charge < -0.3 is 5.32 Å². The van der Waals surface area contributed by atoms with Crippen molar-refractivity contribution in [3.8, 4) is 0 Å². The molecule has 0 aliphatic heterocycles. The number of nitrogens with zero attached hydrogens (tertiary/aromatic N) is 2. The molecule has 0 amide bonds. The minimum Gasteiger partial charge on any atom is -0.314 e. The number of hydrogen-bond donors (Lipinski definition) is 1. The summed E-state index contributed by atoms with van der Waals surface area (Å²) in [6.07, 6.45) is 5.72. The first-order valence-corrected chi connectivity index (χ1v) is 8.44. The Labute approximate surface area is 131 Å². The molecule has 4 heteroatoms. The van der Waals surface area contributed by atoms with Gasteiger partial charge in [-0.1, -0.05) is 27.7 Å². The SMILES string of the molecule is CCNC(Cc1ccncc1)Cc1nc(C(C)(C)C)cs1. The fourth-order valence-corrected chi connectivity index (χ4v) is 3.37. The summed E-state index contributed by atoms with van der Waals surface area (Å²) in [5.74, 6) is 0. The minimum absolute atomic E-state index is 0.132. The molecule has 0 bridgehead atoms. The van der Waals surface area contributed by atoms with Crippen LogP contribution in [0.2, 0.25) is 0 Å². The zero-order valence-electron chi connectivity index (χ0n) is 13.4. The lowest BCUT2D eigenvalue weighted by atomic mass is 9.93. The van der Waals surface area contributed by atoms with Gasteiger partial charge in [0.2, 0.25) is 0 Å². The molecule has 0 saturated carbocycles. The van der Waals surface area contributed by atoms with Crippen LogP contribution in [0.15, 0.2) is 29.9 Å². The average molecular weight is 303 g/mol. The Kier molecular flexibility index (Phi) is 5.48. The predicted molar refractivity (Wildman–Crippen MR) is 89.9 cm³/mol. The second kappa shape index (κ2) is 7.14. The monoisotopic (exact) mass is 303 g/mol. The molecule has 0 aliphatic rings. The Morgan fingerprint density at radius 1 is 1.19 bits per heavy atom. The van der Waals surface area contributed by atoms with E-state index < -0.39 is 0 Å². The average Bonchev–Trinajstić information content (AvgIpc) is 2.89. The number of nitrogens with one attached hydrogen (secondary N) is 1. The fourth-order valence-electron chi connectivity index (χ4n) is 2.27. The van der Waals surface area contributed by atoms with Gasteiger partial charge in [-0.15, -0.1) is 11.3 Å². The predicted octanol–water partition coefficient (Wildman–Crippen LogP) is 3.60. The number of aromatic nitrogens is 2. The summed E-state index contributed by atoms with van der Waals surface area (Å²) >= 11 is 1.78. The van der Waals surface area contributed by atoms with E-state index in [1.165, 1.54) is 16.3 Å². The van der Waals surface area contributed by atoms with Crippen LogP contribution in [0, 0.1) is 0 Å². The van der Waals surface area contributed by atoms with Gasteiger partial charge in [0, 0.05) is 35.7 Å². The van der Waals surface area contributed by atoms with Crippen molar-refractivity contribution in [1.29, 1.82) is 0 Å². The summed E-state index contributed by atoms with van der Waals surface area (Å²) < 4.78 is 0. The van der Waals surface area contributed by atoms with Crippen molar-refractivity contribution in [2.45, 2.75) is 52.0 Å². The molecule has 0 radical (unpaired) electrons. The van der Waals surface area contributed by atoms with E-state index in [0.717, 1.165) is 19.4 Å². The first-order valence-electron chi connectivity index (χ1n) is 7.56. The third-order valence-corrected chi connectivity index (χ3v) is 4.34. The maximum absolute atomic E-state index is 4.81. The zero-order chi connectivity index (χ0) is 15.3. The largest absolute Gasteiger partial charge is 0.314 e. The smallest absolute Gasteiger partial charge is 0.0944 e. The molecule has 0 saturated heterocycles. The first-order chi connectivity index (χ1) is 9.99. The summed E-state index contributed by atoms with van der Waals surface area (Å²) in [4.78, 5) is 8.89. The van der Waals surface area contributed by atoms with Crippen LogP contribution in [-0.2, 0) is 18.3 Å². The molecular formula is C17H25N3S. The van der Waals surface area contributed by atoms with E-state index in [0.29, 0.717) is 6.04 Å². The molecule has 0 spiro atoms. The van der Waals surface area contributed by atoms with Crippen LogP contribution in [0.1, 0.15) is 44.0 Å². The fraction of sp³-hybridized carbons (Fsp3) is 0.529. The standard InChI is InChI=1S/C17H25N3S/c1-5-19-14(10-13-6-8-18-9-7-13)11-16-20-15(12-21-16)17(2,3)4/h6-9,12,14,19H,5,10-11H2,1-4H3. The quantitative estimate of drug-likeness (QED) is 0.886. The summed E-state index contributed by atoms with van der Waals surface area (Å²) in [5.41, 5.74) is 2.65. The lowest BCUT2D eigenvalue weighted by Gasteiger charge is -2.17. The van der Waals surface area contributed by atoms with Crippen molar-refractivity contribution >= 4 is 11.3 Å². The van der Waals surface area contributed by atoms with Gasteiger partial charge >= 0.3 is 0 Å². The van der Waals surface area contributed by atoms with E-state index in [-0.39, 0.29) is 5.41 Å². The van der Waals surface area contributed by atoms with Crippen LogP contribution in [0.3, 0.4) is 0 Å². The molecule has 2 heterocycles. The van der Waals surface area contributed by atoms with E-state index >= 15 is 0 Å². The Hall–Kier alpha value is -1.26. The number of thiazole rings is 1. The van der Waals surface area contributed by atoms with E-state index in [9.17, 15) is 0 Å². The van der Waals surface area contributed by atoms with E-state index in [2.05, 4.69) is 55.5 Å². The molecule has 2 rings (SSSR count). The van der Waals surface area contributed by atoms with Crippen molar-refractivity contribution in [2.24, 2.45) is 0 Å². The van der Waals surface area contributed by atoms with Crippen molar-refractivity contribution in [3.63, 3.8) is 0 Å². The molecular weight excluding hydrogens is 278 g/mol. The third-order valence-electron chi connectivity index (χ3n) is 3.47. The normalized spacial score (nSPS) is 13.3. The molecule has 0 aliphatic carbocycles. The molecule has 0 fully saturated rings. The minimum atomic E-state index is 0.132. The summed E-state index contributed by atoms with van der Waals surface area (Å²) in [5, 5.41) is 7.00. The highest BCUT2D eigenvalue weighted by atomic mass is 32.1. The molecule has 2 aromatic heterocycles. The zero-order valence-corrected chi connectivity index (χ0v) is 14.2. The van der Waals surface area contributed by atoms with Gasteiger partial charge in [-0.05, 0) is 30.7 Å². The maximum Gasteiger partial charge on any atom is 0.0944 e. The van der Waals surface area contributed by atoms with Gasteiger partial charge in [0.15, 0.2) is 0 Å². The summed E-state index contributed by atoms with van der Waals surface area (Å²) in [6, 6.07) is 4.61. The van der Waals surface area contributed by atoms with Crippen molar-refractivity contribution in [2.75, 3.05) is 6.54 Å². The van der Waals surface area contributed by atoms with Crippen LogP contribution in [0.4, 0.5) is 0 Å². The molecule has 1 N–H and O–H groups in total. The maximum atomic E-state index is 4.81. The Morgan fingerprint density at radius 3 is 2.48 bits per heavy atom. The Balaban J connectivity index is 2.04. The Bertz CT molecular complexity index is 543. The summed E-state index contributed by atoms with van der Waals surface area (Å²) in [6.45, 7) is 9.77. The van der Waals surface area contributed by atoms with Crippen LogP contribution in [0.25, 0.3) is 0 Å². The van der Waals surface area contributed by atoms with Crippen LogP contribution >= 0.6 is 11.3 Å². The molecule has 21 heavy (non-hydrogen) atoms. The van der Waals surface area contributed by atoms with Gasteiger partial charge in [0.1, 0.15) is 0 Å². The van der Waals surface area contributed by atoms with Crippen molar-refractivity contribution in [3.05, 3.63) is 46.2 Å². The molecule has 114 valence electrons. The van der Waals surface area contributed by atoms with E-state index in [4.69, 9.17) is 4.98 Å². The van der Waals surface area contributed by atoms with Crippen LogP contribution in [-0.4, -0.2) is 22.6 Å². The van der Waals surface area contributed by atoms with Crippen LogP contribution < -0.4 is 5.32 Å². The van der Waals surface area contributed by atoms with Crippen molar-refractivity contribution in [1.82, 2.24) is 15.3 Å². The summed E-state index contributed by atoms with van der Waals surface area (Å²) in [7, 11) is 0. The topological polar surface area (TPSA) is 37.8 Å². The van der Waals surface area contributed by atoms with Gasteiger partial charge in [-0.25, -0.2) is 4.98 Å². The molecule has 1 unspecified atom stereocenters. The lowest BCUT2D eigenvalue weighted by Crippen LogP contribution is -2.33. The third kappa shape index (κ3) is 4.90. The first kappa shape index (κ1) is 16.1. The van der Waals surface area contributed by atoms with Gasteiger partial charge in [-0.2, -0.15) is 0 Å². The highest BCUT2D eigenvalue weighted by Crippen LogP contribution is 2.24. The molecule has 3 nitrogen and oxygen atoms in total. The second-order valence-electron chi connectivity index (χ2n) is 6.39. The lowest BCUT2D eigenvalue weighted by molar-refractivity contribution is 0.516. The second-order valence-corrected chi connectivity index (χ2v) is 7.34. The highest BCUT2D eigenvalue weighted by molar-refractivity contribution is 7.09. The Morgan fingerprint density at radius 2 is 1.90 bits per heavy atom. The molecule has 2 aromatic rings. The number of likely N-dealkylation sites (N-methyl/N-ethyl adjacent to an activating group) is 1. The van der Waals surface area contributed by atoms with Gasteiger partial charge in [0.25, 0.3) is 0 Å².